The van der Waals surface area contributed by atoms with Crippen LogP contribution in [0.4, 0.5) is 10.5 Å². The number of hydrogen-bond donors (Lipinski definition) is 1. The number of thioether (sulfide) groups is 1. The van der Waals surface area contributed by atoms with Gasteiger partial charge in [-0.15, -0.1) is 23.1 Å². The number of rotatable bonds is 7. The van der Waals surface area contributed by atoms with Gasteiger partial charge in [0.05, 0.1) is 0 Å². The molecule has 154 valence electrons. The Labute approximate surface area is 183 Å². The molecular formula is C22H22N3O3S2+. The van der Waals surface area contributed by atoms with Crippen LogP contribution in [-0.4, -0.2) is 51.4 Å². The van der Waals surface area contributed by atoms with Gasteiger partial charge >= 0.3 is 11.9 Å². The van der Waals surface area contributed by atoms with Crippen LogP contribution < -0.4 is 5.32 Å². The number of anilines is 1. The molecule has 6 nitrogen and oxygen atoms in total. The van der Waals surface area contributed by atoms with Crippen LogP contribution in [0.3, 0.4) is 0 Å². The van der Waals surface area contributed by atoms with E-state index in [1.54, 1.807) is 17.4 Å². The third kappa shape index (κ3) is 4.11. The number of carbonyl (C=O) groups is 3. The Balaban J connectivity index is 1.53. The van der Waals surface area contributed by atoms with Crippen molar-refractivity contribution in [3.8, 4) is 0 Å². The van der Waals surface area contributed by atoms with E-state index in [1.807, 2.05) is 54.1 Å². The van der Waals surface area contributed by atoms with Crippen molar-refractivity contribution in [1.82, 2.24) is 4.90 Å². The lowest BCUT2D eigenvalue weighted by atomic mass is 10.1. The van der Waals surface area contributed by atoms with E-state index in [4.69, 9.17) is 0 Å². The molecule has 0 radical (unpaired) electrons. The number of aryl methyl sites for hydroxylation is 1. The van der Waals surface area contributed by atoms with E-state index < -0.39 is 11.3 Å². The number of allylic oxidation sites excluding steroid dienone is 1. The maximum atomic E-state index is 13.1. The minimum absolute atomic E-state index is 0.129. The normalized spacial score (nSPS) is 18.2. The monoisotopic (exact) mass is 440 g/mol. The zero-order valence-electron chi connectivity index (χ0n) is 16.5. The molecule has 8 heteroatoms. The van der Waals surface area contributed by atoms with Crippen LogP contribution in [-0.2, 0) is 22.4 Å². The molecular weight excluding hydrogens is 418 g/mol. The lowest BCUT2D eigenvalue weighted by Crippen LogP contribution is -2.56. The predicted octanol–water partition coefficient (Wildman–Crippen LogP) is 3.54. The number of thiophene rings is 1. The molecule has 0 saturated carbocycles. The maximum Gasteiger partial charge on any atom is 0.501 e. The Bertz CT molecular complexity index is 1040. The molecule has 0 aliphatic carbocycles. The first kappa shape index (κ1) is 20.6. The number of hydrogen-bond acceptors (Lipinski definition) is 5. The molecule has 3 heterocycles. The number of fused-ring (bicyclic) bond motifs is 1. The van der Waals surface area contributed by atoms with Gasteiger partial charge in [0.2, 0.25) is 0 Å². The number of benzene rings is 1. The van der Waals surface area contributed by atoms with E-state index in [9.17, 15) is 14.4 Å². The fourth-order valence-electron chi connectivity index (χ4n) is 3.58. The first-order valence-corrected chi connectivity index (χ1v) is 11.6. The summed E-state index contributed by atoms with van der Waals surface area (Å²) in [5.74, 6) is -0.497. The van der Waals surface area contributed by atoms with Gasteiger partial charge in [-0.2, -0.15) is 14.3 Å². The van der Waals surface area contributed by atoms with Gasteiger partial charge in [0, 0.05) is 17.0 Å². The number of para-hydroxylation sites is 1. The molecule has 30 heavy (non-hydrogen) atoms. The molecule has 0 fully saturated rings. The highest BCUT2D eigenvalue weighted by atomic mass is 32.2. The number of nitrogens with one attached hydrogen (secondary N) is 1. The number of carbonyl (C=O) groups excluding carboxylic acids is 3. The molecule has 1 aromatic heterocycles. The van der Waals surface area contributed by atoms with Crippen molar-refractivity contribution < 1.29 is 19.0 Å². The second kappa shape index (κ2) is 8.97. The molecule has 0 spiro atoms. The maximum absolute atomic E-state index is 13.1. The largest absolute Gasteiger partial charge is 0.501 e. The van der Waals surface area contributed by atoms with Crippen molar-refractivity contribution in [3.05, 3.63) is 63.7 Å². The average molecular weight is 441 g/mol. The van der Waals surface area contributed by atoms with E-state index in [2.05, 4.69) is 5.32 Å². The van der Waals surface area contributed by atoms with Crippen molar-refractivity contribution in [2.75, 3.05) is 18.4 Å². The van der Waals surface area contributed by atoms with E-state index in [0.29, 0.717) is 18.7 Å². The fourth-order valence-corrected chi connectivity index (χ4v) is 5.24. The number of imide groups is 1. The Kier molecular flexibility index (Phi) is 6.15. The minimum atomic E-state index is -0.471. The smallest absolute Gasteiger partial charge is 0.322 e. The molecule has 2 aliphatic heterocycles. The van der Waals surface area contributed by atoms with Gasteiger partial charge in [0.1, 0.15) is 12.3 Å². The summed E-state index contributed by atoms with van der Waals surface area (Å²) in [6, 6.07) is 11.1. The molecule has 1 aromatic carbocycles. The Morgan fingerprint density at radius 1 is 1.20 bits per heavy atom. The van der Waals surface area contributed by atoms with Gasteiger partial charge < -0.3 is 5.32 Å². The van der Waals surface area contributed by atoms with Crippen LogP contribution in [0.5, 0.6) is 0 Å². The van der Waals surface area contributed by atoms with Crippen LogP contribution in [0, 0.1) is 0 Å². The zero-order chi connectivity index (χ0) is 21.1. The second-order valence-corrected chi connectivity index (χ2v) is 9.04. The van der Waals surface area contributed by atoms with Crippen molar-refractivity contribution in [2.24, 2.45) is 0 Å². The molecule has 4 amide bonds. The van der Waals surface area contributed by atoms with Crippen LogP contribution in [0.2, 0.25) is 0 Å². The van der Waals surface area contributed by atoms with Crippen LogP contribution >= 0.6 is 23.1 Å². The number of amides is 4. The minimum Gasteiger partial charge on any atom is -0.322 e. The summed E-state index contributed by atoms with van der Waals surface area (Å²) < 4.78 is 1.43. The highest BCUT2D eigenvalue weighted by molar-refractivity contribution is 8.04. The van der Waals surface area contributed by atoms with Gasteiger partial charge in [-0.3, -0.25) is 4.79 Å². The van der Waals surface area contributed by atoms with Gasteiger partial charge in [-0.05, 0) is 41.0 Å². The van der Waals surface area contributed by atoms with E-state index in [1.165, 1.54) is 21.2 Å². The topological polar surface area (TPSA) is 69.5 Å². The molecule has 2 aromatic rings. The quantitative estimate of drug-likeness (QED) is 0.669. The standard InChI is InChI=1S/C22H21N3O3S2/c1-2-15-6-3-4-8-17(15)23-19(26)14-25-18-10-13-30-20(18)21(27)24(22(25)28)11-9-16-7-5-12-29-16/h3-8,10,12-13,20H,2,9,11,14H2,1H3/p+1. The lowest BCUT2D eigenvalue weighted by molar-refractivity contribution is -0.425. The molecule has 1 unspecified atom stereocenters. The van der Waals surface area contributed by atoms with E-state index in [0.717, 1.165) is 22.5 Å². The number of urea groups is 1. The summed E-state index contributed by atoms with van der Waals surface area (Å²) >= 11 is 2.97. The number of nitrogens with zero attached hydrogens (tertiary/aromatic N) is 2. The highest BCUT2D eigenvalue weighted by Crippen LogP contribution is 2.28. The fraction of sp³-hybridized carbons (Fsp3) is 0.273. The summed E-state index contributed by atoms with van der Waals surface area (Å²) in [6.07, 6.45) is 3.16. The molecule has 1 atom stereocenters. The molecule has 2 aliphatic rings. The molecule has 0 bridgehead atoms. The summed E-state index contributed by atoms with van der Waals surface area (Å²) in [4.78, 5) is 41.2. The molecule has 0 saturated heterocycles. The van der Waals surface area contributed by atoms with Crippen LogP contribution in [0.1, 0.15) is 17.4 Å². The van der Waals surface area contributed by atoms with Gasteiger partial charge in [-0.25, -0.2) is 4.79 Å². The third-order valence-electron chi connectivity index (χ3n) is 5.12. The predicted molar refractivity (Wildman–Crippen MR) is 120 cm³/mol. The zero-order valence-corrected chi connectivity index (χ0v) is 18.2. The van der Waals surface area contributed by atoms with Gasteiger partial charge in [-0.1, -0.05) is 31.2 Å². The van der Waals surface area contributed by atoms with Crippen LogP contribution in [0.25, 0.3) is 0 Å². The van der Waals surface area contributed by atoms with Gasteiger partial charge in [0.15, 0.2) is 11.8 Å². The average Bonchev–Trinajstić information content (AvgIpc) is 3.43. The van der Waals surface area contributed by atoms with E-state index in [-0.39, 0.29) is 18.4 Å². The second-order valence-electron chi connectivity index (χ2n) is 6.99. The van der Waals surface area contributed by atoms with Crippen molar-refractivity contribution >= 4 is 52.3 Å². The van der Waals surface area contributed by atoms with Crippen LogP contribution in [0.15, 0.2) is 53.3 Å². The Morgan fingerprint density at radius 3 is 2.80 bits per heavy atom. The van der Waals surface area contributed by atoms with E-state index >= 15 is 0 Å². The summed E-state index contributed by atoms with van der Waals surface area (Å²) in [6.45, 7) is 2.20. The first-order valence-electron chi connectivity index (χ1n) is 9.80. The van der Waals surface area contributed by atoms with Crippen molar-refractivity contribution in [3.63, 3.8) is 0 Å². The Hall–Kier alpha value is -2.71. The SMILES string of the molecule is CCc1ccccc1NC(=O)C[N+]1=C2C=CSC2C(=O)N(CCc2cccs2)C1=O. The third-order valence-corrected chi connectivity index (χ3v) is 7.07. The highest BCUT2D eigenvalue weighted by Gasteiger charge is 2.49. The van der Waals surface area contributed by atoms with Crippen molar-refractivity contribution in [1.29, 1.82) is 0 Å². The summed E-state index contributed by atoms with van der Waals surface area (Å²) in [5, 5.41) is 6.23. The molecule has 1 N–H and O–H groups in total. The van der Waals surface area contributed by atoms with Crippen molar-refractivity contribution in [2.45, 2.75) is 25.0 Å². The Morgan fingerprint density at radius 2 is 2.03 bits per heavy atom. The molecule has 4 rings (SSSR count). The summed E-state index contributed by atoms with van der Waals surface area (Å²) in [7, 11) is 0. The van der Waals surface area contributed by atoms with Gasteiger partial charge in [0.25, 0.3) is 5.91 Å². The lowest BCUT2D eigenvalue weighted by Gasteiger charge is -2.24. The summed E-state index contributed by atoms with van der Waals surface area (Å²) in [5.41, 5.74) is 2.37. The first-order chi connectivity index (χ1) is 14.6.